The zero-order chi connectivity index (χ0) is 54.4. The Morgan fingerprint density at radius 3 is 0.819 bits per heavy atom. The summed E-state index contributed by atoms with van der Waals surface area (Å²) in [6, 6.07) is -1.86. The van der Waals surface area contributed by atoms with E-state index in [-0.39, 0.29) is 91.1 Å². The highest BCUT2D eigenvalue weighted by Crippen LogP contribution is 2.06. The fraction of sp³-hybridized carbons (Fsp3) is 0.739. The van der Waals surface area contributed by atoms with Gasteiger partial charge in [-0.2, -0.15) is 0 Å². The van der Waals surface area contributed by atoms with Gasteiger partial charge in [0.15, 0.2) is 0 Å². The molecule has 0 aromatic carbocycles. The largest absolute Gasteiger partial charge is 0.355 e. The standard InChI is InChI=1S/2C15H25I2N3O4.C15H24I2N2O4.CH4/c2*1-2-11(21)5-3-8-19-15(24)12(20-14(23)10-17)6-4-7-18-13(22)9-16;1-2-11(20)6-4-8-18-15(23)13(19-14(22)10-17)7-3-5-12(21)9-16;/h2*12H,2-10H2,1H3,(H,18,22)(H,19,24)(H,20,23);13H,2-10H2,1H3,(H,18,23)(H,19,22);1H4. The summed E-state index contributed by atoms with van der Waals surface area (Å²) in [7, 11) is 0. The number of nitrogens with one attached hydrogen (secondary N) is 8. The van der Waals surface area contributed by atoms with Gasteiger partial charge in [-0.05, 0) is 57.8 Å². The molecule has 0 radical (unpaired) electrons. The Hall–Kier alpha value is -1.18. The highest BCUT2D eigenvalue weighted by molar-refractivity contribution is 14.1. The maximum absolute atomic E-state index is 12.2. The SMILES string of the molecule is C.CCC(=O)CCCNC(=O)C(CCCC(=O)CI)NC(=O)CI.CCC(=O)CCCNC(=O)C(CCCNC(=O)CI)NC(=O)CI.CCC(=O)CCCNC(=O)C(CCCNC(=O)CI)NC(=O)CI. The fourth-order valence-corrected chi connectivity index (χ4v) is 7.21. The summed E-state index contributed by atoms with van der Waals surface area (Å²) in [6.07, 6.45) is 8.15. The second-order valence-corrected chi connectivity index (χ2v) is 20.0. The molecule has 72 heavy (non-hydrogen) atoms. The fourth-order valence-electron chi connectivity index (χ4n) is 5.63. The molecule has 8 amide bonds. The van der Waals surface area contributed by atoms with Crippen molar-refractivity contribution in [1.29, 1.82) is 0 Å². The van der Waals surface area contributed by atoms with Gasteiger partial charge in [-0.15, -0.1) is 0 Å². The molecule has 3 unspecified atom stereocenters. The molecule has 0 aromatic rings. The van der Waals surface area contributed by atoms with E-state index in [9.17, 15) is 57.5 Å². The molecule has 0 fully saturated rings. The molecule has 0 aliphatic carbocycles. The molecule has 0 aromatic heterocycles. The Bertz CT molecular complexity index is 1570. The molecule has 0 aliphatic heterocycles. The van der Waals surface area contributed by atoms with Crippen LogP contribution in [0.3, 0.4) is 0 Å². The van der Waals surface area contributed by atoms with E-state index in [1.807, 2.05) is 156 Å². The molecular formula is C46H78I6N8O12. The average Bonchev–Trinajstić information content (AvgIpc) is 3.38. The van der Waals surface area contributed by atoms with Gasteiger partial charge in [-0.3, -0.25) is 57.5 Å². The van der Waals surface area contributed by atoms with Crippen molar-refractivity contribution in [3.8, 4) is 0 Å². The third kappa shape index (κ3) is 47.3. The minimum absolute atomic E-state index is 0. The van der Waals surface area contributed by atoms with Crippen molar-refractivity contribution in [3.63, 3.8) is 0 Å². The van der Waals surface area contributed by atoms with Crippen LogP contribution in [0.4, 0.5) is 0 Å². The summed E-state index contributed by atoms with van der Waals surface area (Å²) in [5.41, 5.74) is 0. The maximum atomic E-state index is 12.2. The maximum Gasteiger partial charge on any atom is 0.242 e. The molecule has 416 valence electrons. The van der Waals surface area contributed by atoms with Crippen molar-refractivity contribution in [2.75, 3.05) is 59.3 Å². The molecule has 0 aliphatic rings. The van der Waals surface area contributed by atoms with Crippen molar-refractivity contribution < 1.29 is 57.5 Å². The molecule has 20 nitrogen and oxygen atoms in total. The molecule has 0 saturated carbocycles. The zero-order valence-corrected chi connectivity index (χ0v) is 53.9. The van der Waals surface area contributed by atoms with E-state index in [1.165, 1.54) is 0 Å². The van der Waals surface area contributed by atoms with Crippen LogP contribution in [0.15, 0.2) is 0 Å². The second kappa shape index (κ2) is 53.2. The summed E-state index contributed by atoms with van der Waals surface area (Å²) < 4.78 is 2.07. The number of Topliss-reactive ketones (excluding diaryl/α,β-unsaturated/α-hetero) is 4. The number of alkyl halides is 6. The van der Waals surface area contributed by atoms with Gasteiger partial charge >= 0.3 is 0 Å². The summed E-state index contributed by atoms with van der Waals surface area (Å²) >= 11 is 11.8. The summed E-state index contributed by atoms with van der Waals surface area (Å²) in [6.45, 7) is 7.61. The third-order valence-electron chi connectivity index (χ3n) is 9.62. The van der Waals surface area contributed by atoms with Crippen molar-refractivity contribution >= 4 is 206 Å². The molecule has 0 spiro atoms. The van der Waals surface area contributed by atoms with Crippen LogP contribution < -0.4 is 42.5 Å². The first-order chi connectivity index (χ1) is 33.8. The van der Waals surface area contributed by atoms with Crippen molar-refractivity contribution in [1.82, 2.24) is 42.5 Å². The van der Waals surface area contributed by atoms with E-state index >= 15 is 0 Å². The molecule has 3 atom stereocenters. The lowest BCUT2D eigenvalue weighted by molar-refractivity contribution is -0.128. The Balaban J connectivity index is -0.000000478. The lowest BCUT2D eigenvalue weighted by Crippen LogP contribution is -2.47. The van der Waals surface area contributed by atoms with Crippen LogP contribution >= 0.6 is 136 Å². The van der Waals surface area contributed by atoms with Gasteiger partial charge in [0.05, 0.1) is 26.6 Å². The van der Waals surface area contributed by atoms with E-state index in [1.54, 1.807) is 0 Å². The normalized spacial score (nSPS) is 11.3. The minimum Gasteiger partial charge on any atom is -0.355 e. The van der Waals surface area contributed by atoms with Gasteiger partial charge in [0.25, 0.3) is 0 Å². The number of carbonyl (C=O) groups is 12. The Kier molecular flexibility index (Phi) is 57.2. The van der Waals surface area contributed by atoms with Crippen LogP contribution in [0.5, 0.6) is 0 Å². The number of hydrogen-bond donors (Lipinski definition) is 8. The summed E-state index contributed by atoms with van der Waals surface area (Å²) in [5, 5.41) is 21.8. The van der Waals surface area contributed by atoms with Crippen LogP contribution in [-0.2, 0) is 57.5 Å². The number of carbonyl (C=O) groups excluding carboxylic acids is 12. The predicted molar refractivity (Wildman–Crippen MR) is 332 cm³/mol. The van der Waals surface area contributed by atoms with Gasteiger partial charge in [0, 0.05) is 77.7 Å². The van der Waals surface area contributed by atoms with Gasteiger partial charge in [-0.25, -0.2) is 0 Å². The van der Waals surface area contributed by atoms with Crippen LogP contribution in [-0.4, -0.2) is 148 Å². The molecule has 0 heterocycles. The lowest BCUT2D eigenvalue weighted by Gasteiger charge is -2.18. The van der Waals surface area contributed by atoms with Crippen molar-refractivity contribution in [3.05, 3.63) is 0 Å². The van der Waals surface area contributed by atoms with Crippen LogP contribution in [0.1, 0.15) is 131 Å². The third-order valence-corrected chi connectivity index (χ3v) is 13.9. The summed E-state index contributed by atoms with van der Waals surface area (Å²) in [5.74, 6) is -0.802. The number of hydrogen-bond acceptors (Lipinski definition) is 12. The molecular weight excluding hydrogens is 1620 g/mol. The monoisotopic (exact) mass is 1700 g/mol. The Morgan fingerprint density at radius 1 is 0.319 bits per heavy atom. The first-order valence-electron chi connectivity index (χ1n) is 23.5. The van der Waals surface area contributed by atoms with Crippen molar-refractivity contribution in [2.45, 2.75) is 149 Å². The molecule has 26 heteroatoms. The van der Waals surface area contributed by atoms with Crippen LogP contribution in [0.25, 0.3) is 0 Å². The second-order valence-electron chi connectivity index (χ2n) is 15.4. The van der Waals surface area contributed by atoms with Crippen molar-refractivity contribution in [2.24, 2.45) is 0 Å². The quantitative estimate of drug-likeness (QED) is 0.0234. The number of ketones is 4. The van der Waals surface area contributed by atoms with E-state index in [4.69, 9.17) is 0 Å². The van der Waals surface area contributed by atoms with E-state index < -0.39 is 18.1 Å². The molecule has 0 rings (SSSR count). The Morgan fingerprint density at radius 2 is 0.569 bits per heavy atom. The van der Waals surface area contributed by atoms with E-state index in [0.717, 1.165) is 0 Å². The lowest BCUT2D eigenvalue weighted by atomic mass is 10.1. The van der Waals surface area contributed by atoms with E-state index in [2.05, 4.69) is 42.5 Å². The van der Waals surface area contributed by atoms with Crippen LogP contribution in [0, 0.1) is 0 Å². The first-order valence-corrected chi connectivity index (χ1v) is 32.6. The predicted octanol–water partition coefficient (Wildman–Crippen LogP) is 4.82. The molecule has 0 bridgehead atoms. The summed E-state index contributed by atoms with van der Waals surface area (Å²) in [4.78, 5) is 138. The average molecular weight is 1700 g/mol. The topological polar surface area (TPSA) is 301 Å². The van der Waals surface area contributed by atoms with Gasteiger partial charge in [-0.1, -0.05) is 164 Å². The van der Waals surface area contributed by atoms with Gasteiger partial charge < -0.3 is 42.5 Å². The molecule has 0 saturated heterocycles. The van der Waals surface area contributed by atoms with Crippen LogP contribution in [0.2, 0.25) is 0 Å². The highest BCUT2D eigenvalue weighted by Gasteiger charge is 2.22. The Labute approximate surface area is 508 Å². The van der Waals surface area contributed by atoms with Gasteiger partial charge in [0.2, 0.25) is 47.3 Å². The number of halogens is 6. The number of rotatable bonds is 39. The molecule has 8 N–H and O–H groups in total. The first kappa shape index (κ1) is 77.3. The highest BCUT2D eigenvalue weighted by atomic mass is 127. The number of amides is 8. The minimum atomic E-state index is -0.624. The smallest absolute Gasteiger partial charge is 0.242 e. The van der Waals surface area contributed by atoms with Gasteiger partial charge in [0.1, 0.15) is 41.3 Å². The van der Waals surface area contributed by atoms with E-state index in [0.29, 0.717) is 149 Å². The zero-order valence-electron chi connectivity index (χ0n) is 41.0.